The largest absolute Gasteiger partial charge is 0.494 e. The predicted molar refractivity (Wildman–Crippen MR) is 63.2 cm³/mol. The van der Waals surface area contributed by atoms with Crippen LogP contribution in [0.2, 0.25) is 0 Å². The maximum absolute atomic E-state index is 5.52. The third-order valence-electron chi connectivity index (χ3n) is 2.40. The minimum Gasteiger partial charge on any atom is -0.494 e. The summed E-state index contributed by atoms with van der Waals surface area (Å²) in [5.74, 6) is 0.777. The molecule has 0 heterocycles. The number of unbranched alkanes of at least 4 members (excludes halogenated alkanes) is 1. The van der Waals surface area contributed by atoms with E-state index in [0.29, 0.717) is 0 Å². The highest BCUT2D eigenvalue weighted by molar-refractivity contribution is 5.36. The van der Waals surface area contributed by atoms with Crippen molar-refractivity contribution in [3.63, 3.8) is 0 Å². The number of hydrogen-bond acceptors (Lipinski definition) is 1. The fourth-order valence-corrected chi connectivity index (χ4v) is 0.977. The summed E-state index contributed by atoms with van der Waals surface area (Å²) < 4.78 is 5.52. The first kappa shape index (κ1) is 13.0. The molecule has 0 N–H and O–H groups in total. The van der Waals surface area contributed by atoms with Gasteiger partial charge in [-0.25, -0.2) is 0 Å². The van der Waals surface area contributed by atoms with Crippen molar-refractivity contribution in [3.8, 4) is 0 Å². The van der Waals surface area contributed by atoms with Crippen molar-refractivity contribution in [3.05, 3.63) is 35.6 Å². The van der Waals surface area contributed by atoms with Crippen molar-refractivity contribution in [1.82, 2.24) is 0 Å². The quantitative estimate of drug-likeness (QED) is 0.349. The second-order valence-electron chi connectivity index (χ2n) is 3.66. The van der Waals surface area contributed by atoms with Gasteiger partial charge in [-0.15, -0.1) is 0 Å². The maximum Gasteiger partial charge on any atom is 0.115 e. The van der Waals surface area contributed by atoms with Crippen LogP contribution in [0.5, 0.6) is 0 Å². The van der Waals surface area contributed by atoms with Crippen LogP contribution in [0.25, 0.3) is 0 Å². The molecule has 0 rings (SSSR count). The molecule has 0 fully saturated rings. The molecule has 0 aliphatic heterocycles. The first-order valence-corrected chi connectivity index (χ1v) is 5.16. The number of hydrogen-bond donors (Lipinski definition) is 0. The van der Waals surface area contributed by atoms with E-state index in [1.54, 1.807) is 0 Å². The van der Waals surface area contributed by atoms with Crippen LogP contribution in [0, 0.1) is 0 Å². The van der Waals surface area contributed by atoms with Gasteiger partial charge in [-0.2, -0.15) is 0 Å². The zero-order chi connectivity index (χ0) is 11.1. The Morgan fingerprint density at radius 1 is 1.07 bits per heavy atom. The monoisotopic (exact) mass is 194 g/mol. The van der Waals surface area contributed by atoms with Crippen molar-refractivity contribution in [2.24, 2.45) is 0 Å². The van der Waals surface area contributed by atoms with Crippen LogP contribution in [0.3, 0.4) is 0 Å². The Morgan fingerprint density at radius 3 is 2.07 bits per heavy atom. The molecule has 1 nitrogen and oxygen atoms in total. The van der Waals surface area contributed by atoms with Gasteiger partial charge in [0.2, 0.25) is 0 Å². The van der Waals surface area contributed by atoms with Crippen LogP contribution in [-0.4, -0.2) is 6.61 Å². The van der Waals surface area contributed by atoms with Gasteiger partial charge in [-0.3, -0.25) is 0 Å². The van der Waals surface area contributed by atoms with Crippen molar-refractivity contribution >= 4 is 0 Å². The average molecular weight is 194 g/mol. The van der Waals surface area contributed by atoms with E-state index in [9.17, 15) is 0 Å². The Balaban J connectivity index is 4.25. The molecule has 0 radical (unpaired) electrons. The summed E-state index contributed by atoms with van der Waals surface area (Å²) in [7, 11) is 0. The molecule has 0 aromatic rings. The van der Waals surface area contributed by atoms with Crippen molar-refractivity contribution in [1.29, 1.82) is 0 Å². The first-order chi connectivity index (χ1) is 6.50. The van der Waals surface area contributed by atoms with Gasteiger partial charge in [0, 0.05) is 0 Å². The fourth-order valence-electron chi connectivity index (χ4n) is 0.977. The molecule has 0 aromatic heterocycles. The van der Waals surface area contributed by atoms with Crippen molar-refractivity contribution in [2.75, 3.05) is 6.61 Å². The summed E-state index contributed by atoms with van der Waals surface area (Å²) in [4.78, 5) is 0. The Morgan fingerprint density at radius 2 is 1.64 bits per heavy atom. The summed E-state index contributed by atoms with van der Waals surface area (Å²) in [6, 6.07) is 0. The molecule has 80 valence electrons. The lowest BCUT2D eigenvalue weighted by molar-refractivity contribution is 0.216. The molecule has 1 heteroatoms. The lowest BCUT2D eigenvalue weighted by atomic mass is 10.0. The predicted octanol–water partition coefficient (Wildman–Crippen LogP) is 4.23. The second kappa shape index (κ2) is 6.47. The van der Waals surface area contributed by atoms with Gasteiger partial charge in [-0.05, 0) is 38.3 Å². The standard InChI is InChI=1S/C13H22O/c1-7-8-9-14-13(6)12(5)11(4)10(2)3/h2,6-9H2,1,3-5H3/b12-11-. The fraction of sp³-hybridized carbons (Fsp3) is 0.538. The highest BCUT2D eigenvalue weighted by atomic mass is 16.5. The van der Waals surface area contributed by atoms with E-state index in [2.05, 4.69) is 20.1 Å². The summed E-state index contributed by atoms with van der Waals surface area (Å²) in [6.45, 7) is 16.8. The number of ether oxygens (including phenoxy) is 1. The zero-order valence-corrected chi connectivity index (χ0v) is 9.94. The Hall–Kier alpha value is -0.980. The van der Waals surface area contributed by atoms with Crippen molar-refractivity contribution < 1.29 is 4.74 Å². The molecular formula is C13H22O. The minimum absolute atomic E-state index is 0.760. The van der Waals surface area contributed by atoms with Gasteiger partial charge >= 0.3 is 0 Å². The van der Waals surface area contributed by atoms with Gasteiger partial charge in [0.15, 0.2) is 0 Å². The SMILES string of the molecule is C=C(C)/C(C)=C(/C)C(=C)OCCCC. The van der Waals surface area contributed by atoms with Gasteiger partial charge in [0.05, 0.1) is 6.61 Å². The Bertz CT molecular complexity index is 246. The molecule has 0 aromatic carbocycles. The molecule has 0 saturated heterocycles. The van der Waals surface area contributed by atoms with Crippen molar-refractivity contribution in [2.45, 2.75) is 40.5 Å². The smallest absolute Gasteiger partial charge is 0.115 e. The van der Waals surface area contributed by atoms with E-state index in [1.807, 2.05) is 20.8 Å². The van der Waals surface area contributed by atoms with E-state index in [0.717, 1.165) is 36.4 Å². The van der Waals surface area contributed by atoms with Gasteiger partial charge in [-0.1, -0.05) is 32.1 Å². The number of allylic oxidation sites excluding steroid dienone is 3. The molecule has 0 unspecified atom stereocenters. The van der Waals surface area contributed by atoms with Crippen LogP contribution in [0.1, 0.15) is 40.5 Å². The topological polar surface area (TPSA) is 9.23 Å². The van der Waals surface area contributed by atoms with Gasteiger partial charge in [0.25, 0.3) is 0 Å². The average Bonchev–Trinajstić information content (AvgIpc) is 2.15. The van der Waals surface area contributed by atoms with E-state index in [-0.39, 0.29) is 0 Å². The molecular weight excluding hydrogens is 172 g/mol. The van der Waals surface area contributed by atoms with Crippen LogP contribution in [0.4, 0.5) is 0 Å². The minimum atomic E-state index is 0.760. The Kier molecular flexibility index (Phi) is 6.02. The zero-order valence-electron chi connectivity index (χ0n) is 9.94. The highest BCUT2D eigenvalue weighted by Crippen LogP contribution is 2.18. The van der Waals surface area contributed by atoms with E-state index < -0.39 is 0 Å². The van der Waals surface area contributed by atoms with Crippen LogP contribution >= 0.6 is 0 Å². The Labute approximate surface area is 88.2 Å². The molecule has 0 bridgehead atoms. The highest BCUT2D eigenvalue weighted by Gasteiger charge is 2.02. The van der Waals surface area contributed by atoms with Gasteiger partial charge < -0.3 is 4.74 Å². The van der Waals surface area contributed by atoms with Crippen LogP contribution in [-0.2, 0) is 4.74 Å². The molecule has 14 heavy (non-hydrogen) atoms. The summed E-state index contributed by atoms with van der Waals surface area (Å²) in [5, 5.41) is 0. The van der Waals surface area contributed by atoms with E-state index >= 15 is 0 Å². The number of rotatable bonds is 6. The normalized spacial score (nSPS) is 12.0. The van der Waals surface area contributed by atoms with Crippen LogP contribution in [0.15, 0.2) is 35.6 Å². The lowest BCUT2D eigenvalue weighted by Gasteiger charge is -2.12. The summed E-state index contributed by atoms with van der Waals surface area (Å²) in [5.41, 5.74) is 3.35. The van der Waals surface area contributed by atoms with E-state index in [4.69, 9.17) is 4.74 Å². The molecule has 0 amide bonds. The third-order valence-corrected chi connectivity index (χ3v) is 2.40. The maximum atomic E-state index is 5.52. The summed E-state index contributed by atoms with van der Waals surface area (Å²) >= 11 is 0. The first-order valence-electron chi connectivity index (χ1n) is 5.16. The molecule has 0 saturated carbocycles. The van der Waals surface area contributed by atoms with Crippen LogP contribution < -0.4 is 0 Å². The molecule has 0 spiro atoms. The van der Waals surface area contributed by atoms with Gasteiger partial charge in [0.1, 0.15) is 5.76 Å². The lowest BCUT2D eigenvalue weighted by Crippen LogP contribution is -1.97. The molecule has 0 aliphatic carbocycles. The molecule has 0 atom stereocenters. The molecule has 0 aliphatic rings. The second-order valence-corrected chi connectivity index (χ2v) is 3.66. The third kappa shape index (κ3) is 4.31. The summed E-state index contributed by atoms with van der Waals surface area (Å²) in [6.07, 6.45) is 2.23. The van der Waals surface area contributed by atoms with E-state index in [1.165, 1.54) is 5.57 Å².